The van der Waals surface area contributed by atoms with E-state index in [1.54, 1.807) is 0 Å². The summed E-state index contributed by atoms with van der Waals surface area (Å²) in [5, 5.41) is 13.1. The Morgan fingerprint density at radius 3 is 1.50 bits per heavy atom. The third-order valence-electron chi connectivity index (χ3n) is 2.00. The Balaban J connectivity index is 0.000000146. The summed E-state index contributed by atoms with van der Waals surface area (Å²) in [5.74, 6) is 0. The largest absolute Gasteiger partial charge is 0.136 e. The maximum absolute atomic E-state index is 3.36. The van der Waals surface area contributed by atoms with Gasteiger partial charge < -0.3 is 0 Å². The molecule has 1 aliphatic carbocycles. The van der Waals surface area contributed by atoms with Crippen molar-refractivity contribution in [1.29, 1.82) is 0 Å². The highest BCUT2D eigenvalue weighted by Crippen LogP contribution is 2.09. The first-order valence-corrected chi connectivity index (χ1v) is 5.10. The smallest absolute Gasteiger partial charge is 0.0716 e. The number of allylic oxidation sites excluding steroid dienone is 2. The van der Waals surface area contributed by atoms with E-state index in [0.29, 0.717) is 0 Å². The molecule has 4 heteroatoms. The predicted octanol–water partition coefficient (Wildman–Crippen LogP) is 2.16. The van der Waals surface area contributed by atoms with Gasteiger partial charge in [0.05, 0.1) is 12.4 Å². The first-order valence-electron chi connectivity index (χ1n) is 5.10. The van der Waals surface area contributed by atoms with Crippen LogP contribution >= 0.6 is 0 Å². The van der Waals surface area contributed by atoms with Crippen molar-refractivity contribution in [2.45, 2.75) is 38.5 Å². The molecule has 0 bridgehead atoms. The second kappa shape index (κ2) is 8.29. The molecule has 76 valence electrons. The third kappa shape index (κ3) is 6.22. The van der Waals surface area contributed by atoms with Crippen LogP contribution in [0.2, 0.25) is 0 Å². The number of hydrogen-bond donors (Lipinski definition) is 0. The van der Waals surface area contributed by atoms with Crippen LogP contribution in [0, 0.1) is 0 Å². The lowest BCUT2D eigenvalue weighted by atomic mass is 10.1. The minimum absolute atomic E-state index is 1.32. The molecule has 1 heterocycles. The van der Waals surface area contributed by atoms with Crippen molar-refractivity contribution >= 4 is 0 Å². The van der Waals surface area contributed by atoms with Crippen molar-refractivity contribution in [3.63, 3.8) is 0 Å². The van der Waals surface area contributed by atoms with Gasteiger partial charge in [-0.05, 0) is 36.1 Å². The molecule has 1 aromatic heterocycles. The van der Waals surface area contributed by atoms with Gasteiger partial charge in [-0.2, -0.15) is 0 Å². The molecule has 1 aliphatic rings. The molecule has 0 aromatic carbocycles. The molecule has 0 radical (unpaired) electrons. The van der Waals surface area contributed by atoms with Gasteiger partial charge in [0.15, 0.2) is 0 Å². The highest BCUT2D eigenvalue weighted by molar-refractivity contribution is 4.82. The normalized spacial score (nSPS) is 16.0. The molecule has 2 rings (SSSR count). The maximum Gasteiger partial charge on any atom is 0.0716 e. The lowest BCUT2D eigenvalue weighted by molar-refractivity contribution is 0.638. The van der Waals surface area contributed by atoms with E-state index in [0.717, 1.165) is 0 Å². The summed E-state index contributed by atoms with van der Waals surface area (Å²) < 4.78 is 0. The van der Waals surface area contributed by atoms with Crippen LogP contribution in [0.15, 0.2) is 24.5 Å². The van der Waals surface area contributed by atoms with Crippen molar-refractivity contribution in [1.82, 2.24) is 20.6 Å². The molecule has 0 atom stereocenters. The van der Waals surface area contributed by atoms with Crippen molar-refractivity contribution in [2.24, 2.45) is 0 Å². The van der Waals surface area contributed by atoms with E-state index in [4.69, 9.17) is 0 Å². The van der Waals surface area contributed by atoms with Crippen LogP contribution in [-0.4, -0.2) is 20.6 Å². The highest BCUT2D eigenvalue weighted by atomic mass is 15.4. The molecule has 0 N–H and O–H groups in total. The Bertz CT molecular complexity index is 198. The van der Waals surface area contributed by atoms with Crippen LogP contribution in [-0.2, 0) is 0 Å². The number of rotatable bonds is 0. The minimum atomic E-state index is 1.32. The quantitative estimate of drug-likeness (QED) is 0.591. The molecular weight excluding hydrogens is 176 g/mol. The van der Waals surface area contributed by atoms with Crippen LogP contribution in [0.3, 0.4) is 0 Å². The Labute approximate surface area is 84.4 Å². The van der Waals surface area contributed by atoms with Gasteiger partial charge in [0, 0.05) is 0 Å². The average Bonchev–Trinajstić information content (AvgIpc) is 2.20. The van der Waals surface area contributed by atoms with E-state index in [2.05, 4.69) is 32.8 Å². The number of aromatic nitrogens is 4. The molecule has 0 unspecified atom stereocenters. The first kappa shape index (κ1) is 10.8. The first-order chi connectivity index (χ1) is 7.00. The monoisotopic (exact) mass is 192 g/mol. The van der Waals surface area contributed by atoms with Gasteiger partial charge in [0.2, 0.25) is 0 Å². The fraction of sp³-hybridized carbons (Fsp3) is 0.600. The molecule has 0 saturated heterocycles. The Morgan fingerprint density at radius 2 is 1.14 bits per heavy atom. The minimum Gasteiger partial charge on any atom is -0.136 e. The third-order valence-corrected chi connectivity index (χ3v) is 2.00. The second-order valence-corrected chi connectivity index (χ2v) is 3.17. The van der Waals surface area contributed by atoms with Gasteiger partial charge >= 0.3 is 0 Å². The van der Waals surface area contributed by atoms with Crippen LogP contribution in [0.1, 0.15) is 38.5 Å². The van der Waals surface area contributed by atoms with Gasteiger partial charge in [0.1, 0.15) is 0 Å². The molecule has 1 aromatic rings. The number of hydrogen-bond acceptors (Lipinski definition) is 4. The van der Waals surface area contributed by atoms with Gasteiger partial charge in [-0.15, -0.1) is 10.2 Å². The lowest BCUT2D eigenvalue weighted by Crippen LogP contribution is -1.84. The van der Waals surface area contributed by atoms with Gasteiger partial charge in [-0.1, -0.05) is 25.0 Å². The van der Waals surface area contributed by atoms with Crippen molar-refractivity contribution < 1.29 is 0 Å². The molecule has 0 fully saturated rings. The predicted molar refractivity (Wildman–Crippen MR) is 54.5 cm³/mol. The van der Waals surface area contributed by atoms with E-state index >= 15 is 0 Å². The second-order valence-electron chi connectivity index (χ2n) is 3.17. The topological polar surface area (TPSA) is 51.6 Å². The van der Waals surface area contributed by atoms with Crippen LogP contribution < -0.4 is 0 Å². The summed E-state index contributed by atoms with van der Waals surface area (Å²) in [7, 11) is 0. The van der Waals surface area contributed by atoms with Gasteiger partial charge in [0.25, 0.3) is 0 Å². The molecule has 14 heavy (non-hydrogen) atoms. The van der Waals surface area contributed by atoms with E-state index < -0.39 is 0 Å². The Hall–Kier alpha value is -1.32. The summed E-state index contributed by atoms with van der Waals surface area (Å²) >= 11 is 0. The zero-order chi connectivity index (χ0) is 9.90. The van der Waals surface area contributed by atoms with Crippen LogP contribution in [0.4, 0.5) is 0 Å². The molecule has 0 spiro atoms. The number of nitrogens with zero attached hydrogens (tertiary/aromatic N) is 4. The molecule has 0 aliphatic heterocycles. The van der Waals surface area contributed by atoms with Crippen LogP contribution in [0.25, 0.3) is 0 Å². The van der Waals surface area contributed by atoms with Crippen molar-refractivity contribution in [3.05, 3.63) is 24.5 Å². The SMILES string of the molecule is C1=CCCCCCC1.c1cnnnn1. The van der Waals surface area contributed by atoms with Gasteiger partial charge in [-0.25, -0.2) is 0 Å². The molecule has 0 saturated carbocycles. The highest BCUT2D eigenvalue weighted by Gasteiger charge is 1.89. The van der Waals surface area contributed by atoms with Crippen molar-refractivity contribution in [2.75, 3.05) is 0 Å². The van der Waals surface area contributed by atoms with Gasteiger partial charge in [-0.3, -0.25) is 0 Å². The summed E-state index contributed by atoms with van der Waals surface area (Å²) in [6.07, 6.45) is 15.9. The lowest BCUT2D eigenvalue weighted by Gasteiger charge is -2.00. The molecule has 4 nitrogen and oxygen atoms in total. The van der Waals surface area contributed by atoms with E-state index in [1.165, 1.54) is 50.9 Å². The molecule has 0 amide bonds. The standard InChI is InChI=1S/C8H14.C2H2N4/c1-2-4-6-8-7-5-3-1;1-2-4-6-5-3-1/h1-2H,3-8H2;1-2H. The zero-order valence-electron chi connectivity index (χ0n) is 8.34. The average molecular weight is 192 g/mol. The Morgan fingerprint density at radius 1 is 0.643 bits per heavy atom. The summed E-state index contributed by atoms with van der Waals surface area (Å²) in [5.41, 5.74) is 0. The fourth-order valence-corrected chi connectivity index (χ4v) is 1.28. The Kier molecular flexibility index (Phi) is 6.37. The summed E-state index contributed by atoms with van der Waals surface area (Å²) in [6.45, 7) is 0. The maximum atomic E-state index is 3.36. The summed E-state index contributed by atoms with van der Waals surface area (Å²) in [4.78, 5) is 0. The fourth-order valence-electron chi connectivity index (χ4n) is 1.28. The summed E-state index contributed by atoms with van der Waals surface area (Å²) in [6, 6.07) is 0. The zero-order valence-corrected chi connectivity index (χ0v) is 8.34. The van der Waals surface area contributed by atoms with E-state index in [-0.39, 0.29) is 0 Å². The van der Waals surface area contributed by atoms with E-state index in [9.17, 15) is 0 Å². The van der Waals surface area contributed by atoms with Crippen LogP contribution in [0.5, 0.6) is 0 Å². The van der Waals surface area contributed by atoms with E-state index in [1.807, 2.05) is 0 Å². The molecular formula is C10H16N4. The van der Waals surface area contributed by atoms with Crippen molar-refractivity contribution in [3.8, 4) is 0 Å².